The molecule has 2 aromatic rings. The first-order valence-electron chi connectivity index (χ1n) is 3.74. The fraction of sp³-hybridized carbons (Fsp3) is 0.111. The molecule has 0 saturated heterocycles. The van der Waals surface area contributed by atoms with Crippen LogP contribution in [0.4, 0.5) is 0 Å². The third-order valence-electron chi connectivity index (χ3n) is 1.82. The molecule has 0 spiro atoms. The van der Waals surface area contributed by atoms with Crippen molar-refractivity contribution >= 4 is 17.3 Å². The van der Waals surface area contributed by atoms with Gasteiger partial charge in [-0.3, -0.25) is 4.79 Å². The van der Waals surface area contributed by atoms with Crippen LogP contribution in [-0.4, -0.2) is 18.6 Å². The van der Waals surface area contributed by atoms with Crippen molar-refractivity contribution in [2.24, 2.45) is 0 Å². The summed E-state index contributed by atoms with van der Waals surface area (Å²) in [6, 6.07) is 5.19. The van der Waals surface area contributed by atoms with E-state index < -0.39 is 0 Å². The summed E-state index contributed by atoms with van der Waals surface area (Å²) in [5.41, 5.74) is 0.874. The van der Waals surface area contributed by atoms with Crippen molar-refractivity contribution in [2.75, 3.05) is 7.11 Å². The van der Waals surface area contributed by atoms with E-state index in [9.17, 15) is 4.79 Å². The Morgan fingerprint density at radius 2 is 2.38 bits per heavy atom. The molecule has 0 amide bonds. The van der Waals surface area contributed by atoms with Gasteiger partial charge in [-0.2, -0.15) is 0 Å². The minimum Gasteiger partial charge on any atom is -0.497 e. The van der Waals surface area contributed by atoms with Crippen molar-refractivity contribution in [3.8, 4) is 5.75 Å². The Bertz CT molecular complexity index is 447. The van der Waals surface area contributed by atoms with Crippen LogP contribution in [0.15, 0.2) is 22.7 Å². The number of rotatable bonds is 2. The topological polar surface area (TPSA) is 52.3 Å². The Morgan fingerprint density at radius 3 is 3.08 bits per heavy atom. The van der Waals surface area contributed by atoms with Crippen LogP contribution in [0.5, 0.6) is 5.75 Å². The van der Waals surface area contributed by atoms with E-state index in [2.05, 4.69) is 5.16 Å². The van der Waals surface area contributed by atoms with Gasteiger partial charge in [0.15, 0.2) is 17.6 Å². The first kappa shape index (κ1) is 7.79. The van der Waals surface area contributed by atoms with Gasteiger partial charge in [-0.1, -0.05) is 5.16 Å². The normalized spacial score (nSPS) is 10.2. The van der Waals surface area contributed by atoms with E-state index in [0.717, 1.165) is 0 Å². The Morgan fingerprint density at radius 1 is 1.54 bits per heavy atom. The number of methoxy groups -OCH3 is 1. The van der Waals surface area contributed by atoms with Crippen LogP contribution < -0.4 is 4.74 Å². The van der Waals surface area contributed by atoms with Crippen LogP contribution in [0, 0.1) is 0 Å². The van der Waals surface area contributed by atoms with Gasteiger partial charge in [0.1, 0.15) is 5.75 Å². The van der Waals surface area contributed by atoms with Crippen LogP contribution in [0.1, 0.15) is 10.5 Å². The maximum Gasteiger partial charge on any atom is 0.172 e. The third-order valence-corrected chi connectivity index (χ3v) is 1.82. The summed E-state index contributed by atoms with van der Waals surface area (Å²) in [7, 11) is 1.57. The minimum atomic E-state index is 0.317. The number of fused-ring (bicyclic) bond motifs is 1. The van der Waals surface area contributed by atoms with Crippen LogP contribution >= 0.6 is 0 Å². The molecule has 0 atom stereocenters. The Hall–Kier alpha value is -1.84. The fourth-order valence-electron chi connectivity index (χ4n) is 1.15. The van der Waals surface area contributed by atoms with Gasteiger partial charge in [0.25, 0.3) is 0 Å². The molecule has 0 unspecified atom stereocenters. The number of carbonyl (C=O) groups excluding carboxylic acids is 1. The summed E-state index contributed by atoms with van der Waals surface area (Å²) in [4.78, 5) is 10.5. The molecule has 0 bridgehead atoms. The molecule has 0 aliphatic rings. The zero-order valence-corrected chi connectivity index (χ0v) is 6.98. The van der Waals surface area contributed by atoms with Crippen molar-refractivity contribution in [1.29, 1.82) is 0 Å². The largest absolute Gasteiger partial charge is 0.497 e. The molecule has 0 aliphatic carbocycles. The number of hydrogen-bond donors (Lipinski definition) is 0. The van der Waals surface area contributed by atoms with Gasteiger partial charge in [-0.15, -0.1) is 0 Å². The summed E-state index contributed by atoms with van der Waals surface area (Å²) in [5, 5.41) is 4.30. The zero-order valence-electron chi connectivity index (χ0n) is 6.98. The van der Waals surface area contributed by atoms with E-state index in [4.69, 9.17) is 9.26 Å². The zero-order chi connectivity index (χ0) is 9.26. The van der Waals surface area contributed by atoms with Crippen molar-refractivity contribution in [1.82, 2.24) is 5.16 Å². The highest BCUT2D eigenvalue weighted by atomic mass is 16.5. The van der Waals surface area contributed by atoms with E-state index >= 15 is 0 Å². The monoisotopic (exact) mass is 177 g/mol. The molecule has 0 fully saturated rings. The van der Waals surface area contributed by atoms with E-state index in [0.29, 0.717) is 28.7 Å². The highest BCUT2D eigenvalue weighted by Crippen LogP contribution is 2.22. The number of carbonyl (C=O) groups is 1. The van der Waals surface area contributed by atoms with E-state index in [-0.39, 0.29) is 0 Å². The Kier molecular flexibility index (Phi) is 1.73. The van der Waals surface area contributed by atoms with Crippen LogP contribution in [0.3, 0.4) is 0 Å². The van der Waals surface area contributed by atoms with Gasteiger partial charge in [0.05, 0.1) is 12.5 Å². The van der Waals surface area contributed by atoms with Gasteiger partial charge < -0.3 is 9.26 Å². The van der Waals surface area contributed by atoms with E-state index in [1.165, 1.54) is 0 Å². The summed E-state index contributed by atoms with van der Waals surface area (Å²) < 4.78 is 9.91. The van der Waals surface area contributed by atoms with Gasteiger partial charge in [-0.05, 0) is 12.1 Å². The molecule has 1 heterocycles. The van der Waals surface area contributed by atoms with Gasteiger partial charge in [0.2, 0.25) is 0 Å². The molecule has 0 aliphatic heterocycles. The van der Waals surface area contributed by atoms with Crippen molar-refractivity contribution in [3.63, 3.8) is 0 Å². The number of ether oxygens (including phenoxy) is 1. The summed E-state index contributed by atoms with van der Waals surface area (Å²) in [6.45, 7) is 0. The summed E-state index contributed by atoms with van der Waals surface area (Å²) in [6.07, 6.45) is 0.665. The molecule has 0 saturated carbocycles. The van der Waals surface area contributed by atoms with Crippen molar-refractivity contribution < 1.29 is 14.1 Å². The fourth-order valence-corrected chi connectivity index (χ4v) is 1.15. The smallest absolute Gasteiger partial charge is 0.172 e. The van der Waals surface area contributed by atoms with Crippen LogP contribution in [0.2, 0.25) is 0 Å². The van der Waals surface area contributed by atoms with Gasteiger partial charge in [0, 0.05) is 6.07 Å². The first-order chi connectivity index (χ1) is 6.35. The van der Waals surface area contributed by atoms with Crippen molar-refractivity contribution in [3.05, 3.63) is 23.9 Å². The summed E-state index contributed by atoms with van der Waals surface area (Å²) >= 11 is 0. The van der Waals surface area contributed by atoms with Crippen molar-refractivity contribution in [2.45, 2.75) is 0 Å². The van der Waals surface area contributed by atoms with Gasteiger partial charge in [-0.25, -0.2) is 0 Å². The minimum absolute atomic E-state index is 0.317. The highest BCUT2D eigenvalue weighted by molar-refractivity contribution is 5.94. The van der Waals surface area contributed by atoms with Gasteiger partial charge >= 0.3 is 0 Å². The molecule has 4 nitrogen and oxygen atoms in total. The van der Waals surface area contributed by atoms with Crippen LogP contribution in [0.25, 0.3) is 11.0 Å². The molecule has 4 heteroatoms. The predicted octanol–water partition coefficient (Wildman–Crippen LogP) is 1.65. The number of aldehydes is 1. The lowest BCUT2D eigenvalue weighted by Gasteiger charge is -1.96. The lowest BCUT2D eigenvalue weighted by Crippen LogP contribution is -1.81. The average molecular weight is 177 g/mol. The molecule has 0 radical (unpaired) electrons. The molecule has 2 rings (SSSR count). The molecular formula is C9H7NO3. The second kappa shape index (κ2) is 2.90. The Labute approximate surface area is 74.1 Å². The first-order valence-corrected chi connectivity index (χ1v) is 3.74. The second-order valence-electron chi connectivity index (χ2n) is 2.55. The number of nitrogens with zero attached hydrogens (tertiary/aromatic N) is 1. The standard InChI is InChI=1S/C9H7NO3/c1-12-6-2-3-7-8(5-11)10-13-9(7)4-6/h2-5H,1H3. The molecule has 1 aromatic carbocycles. The average Bonchev–Trinajstić information content (AvgIpc) is 2.59. The molecule has 0 N–H and O–H groups in total. The molecular weight excluding hydrogens is 170 g/mol. The third kappa shape index (κ3) is 1.16. The number of benzene rings is 1. The molecule has 66 valence electrons. The highest BCUT2D eigenvalue weighted by Gasteiger charge is 2.07. The SMILES string of the molecule is COc1ccc2c(C=O)noc2c1. The second-order valence-corrected chi connectivity index (χ2v) is 2.55. The lowest BCUT2D eigenvalue weighted by molar-refractivity contribution is 0.111. The van der Waals surface area contributed by atoms with E-state index in [1.54, 1.807) is 25.3 Å². The molecule has 1 aromatic heterocycles. The summed E-state index contributed by atoms with van der Waals surface area (Å²) in [5.74, 6) is 0.682. The Balaban J connectivity index is 2.67. The number of hydrogen-bond acceptors (Lipinski definition) is 4. The predicted molar refractivity (Wildman–Crippen MR) is 45.9 cm³/mol. The van der Waals surface area contributed by atoms with E-state index in [1.807, 2.05) is 0 Å². The van der Waals surface area contributed by atoms with Crippen LogP contribution in [-0.2, 0) is 0 Å². The number of aromatic nitrogens is 1. The molecule has 13 heavy (non-hydrogen) atoms. The lowest BCUT2D eigenvalue weighted by atomic mass is 10.2. The maximum atomic E-state index is 10.5. The maximum absolute atomic E-state index is 10.5. The quantitative estimate of drug-likeness (QED) is 0.654.